The molecule has 0 radical (unpaired) electrons. The number of benzene rings is 1. The lowest BCUT2D eigenvalue weighted by Gasteiger charge is -2.24. The monoisotopic (exact) mass is 264 g/mol. The second kappa shape index (κ2) is 6.89. The van der Waals surface area contributed by atoms with Crippen molar-refractivity contribution in [2.24, 2.45) is 0 Å². The van der Waals surface area contributed by atoms with E-state index in [1.807, 2.05) is 0 Å². The van der Waals surface area contributed by atoms with Crippen LogP contribution in [0.1, 0.15) is 16.7 Å². The van der Waals surface area contributed by atoms with Gasteiger partial charge < -0.3 is 20.1 Å². The molecule has 2 N–H and O–H groups in total. The lowest BCUT2D eigenvalue weighted by molar-refractivity contribution is 0.0766. The maximum Gasteiger partial charge on any atom is 0.124 e. The van der Waals surface area contributed by atoms with Crippen molar-refractivity contribution in [2.75, 3.05) is 33.4 Å². The number of methoxy groups -OCH3 is 1. The Labute approximate surface area is 115 Å². The standard InChI is InChI=1S/C15H24N2O2/c1-11-6-13(7-12(2)15(11)18-3)8-16-9-14-10-19-5-4-17-14/h6-7,14,16-17H,4-5,8-10H2,1-3H3. The van der Waals surface area contributed by atoms with Gasteiger partial charge in [0.05, 0.1) is 20.3 Å². The zero-order valence-corrected chi connectivity index (χ0v) is 12.1. The van der Waals surface area contributed by atoms with E-state index in [1.165, 1.54) is 16.7 Å². The average Bonchev–Trinajstić information content (AvgIpc) is 2.40. The van der Waals surface area contributed by atoms with Gasteiger partial charge in [-0.2, -0.15) is 0 Å². The molecule has 1 aliphatic heterocycles. The third-order valence-electron chi connectivity index (χ3n) is 3.44. The quantitative estimate of drug-likeness (QED) is 0.843. The second-order valence-electron chi connectivity index (χ2n) is 5.12. The molecule has 0 bridgehead atoms. The Morgan fingerprint density at radius 1 is 1.37 bits per heavy atom. The van der Waals surface area contributed by atoms with Gasteiger partial charge in [0.1, 0.15) is 5.75 Å². The summed E-state index contributed by atoms with van der Waals surface area (Å²) in [6, 6.07) is 4.79. The first-order valence-electron chi connectivity index (χ1n) is 6.86. The van der Waals surface area contributed by atoms with E-state index < -0.39 is 0 Å². The van der Waals surface area contributed by atoms with Crippen molar-refractivity contribution in [2.45, 2.75) is 26.4 Å². The minimum absolute atomic E-state index is 0.425. The molecule has 1 atom stereocenters. The smallest absolute Gasteiger partial charge is 0.124 e. The van der Waals surface area contributed by atoms with E-state index in [4.69, 9.17) is 9.47 Å². The molecular weight excluding hydrogens is 240 g/mol. The molecule has 19 heavy (non-hydrogen) atoms. The summed E-state index contributed by atoms with van der Waals surface area (Å²) in [7, 11) is 1.72. The molecule has 0 aromatic heterocycles. The molecule has 1 unspecified atom stereocenters. The number of ether oxygens (including phenoxy) is 2. The summed E-state index contributed by atoms with van der Waals surface area (Å²) >= 11 is 0. The second-order valence-corrected chi connectivity index (χ2v) is 5.12. The largest absolute Gasteiger partial charge is 0.496 e. The number of morpholine rings is 1. The molecule has 0 amide bonds. The topological polar surface area (TPSA) is 42.5 Å². The Kier molecular flexibility index (Phi) is 5.19. The van der Waals surface area contributed by atoms with Gasteiger partial charge in [-0.3, -0.25) is 0 Å². The summed E-state index contributed by atoms with van der Waals surface area (Å²) in [5, 5.41) is 6.92. The van der Waals surface area contributed by atoms with E-state index in [-0.39, 0.29) is 0 Å². The van der Waals surface area contributed by atoms with E-state index in [0.717, 1.165) is 38.6 Å². The van der Waals surface area contributed by atoms with Crippen molar-refractivity contribution in [1.29, 1.82) is 0 Å². The van der Waals surface area contributed by atoms with E-state index in [0.29, 0.717) is 6.04 Å². The van der Waals surface area contributed by atoms with Gasteiger partial charge in [-0.15, -0.1) is 0 Å². The highest BCUT2D eigenvalue weighted by molar-refractivity contribution is 5.43. The highest BCUT2D eigenvalue weighted by Gasteiger charge is 2.12. The molecule has 1 heterocycles. The highest BCUT2D eigenvalue weighted by atomic mass is 16.5. The first kappa shape index (κ1) is 14.3. The molecule has 1 saturated heterocycles. The molecule has 4 heteroatoms. The Morgan fingerprint density at radius 2 is 2.11 bits per heavy atom. The molecular formula is C15H24N2O2. The number of aryl methyl sites for hydroxylation is 2. The number of hydrogen-bond acceptors (Lipinski definition) is 4. The van der Waals surface area contributed by atoms with Gasteiger partial charge in [-0.1, -0.05) is 12.1 Å². The van der Waals surface area contributed by atoms with Gasteiger partial charge in [0, 0.05) is 25.7 Å². The molecule has 2 rings (SSSR count). The van der Waals surface area contributed by atoms with Crippen LogP contribution in [-0.4, -0.2) is 39.5 Å². The van der Waals surface area contributed by atoms with Crippen LogP contribution in [0.2, 0.25) is 0 Å². The molecule has 1 aromatic carbocycles. The SMILES string of the molecule is COc1c(C)cc(CNCC2COCCN2)cc1C. The van der Waals surface area contributed by atoms with Crippen LogP contribution in [0.15, 0.2) is 12.1 Å². The number of hydrogen-bond donors (Lipinski definition) is 2. The number of nitrogens with one attached hydrogen (secondary N) is 2. The fourth-order valence-corrected chi connectivity index (χ4v) is 2.61. The van der Waals surface area contributed by atoms with E-state index in [1.54, 1.807) is 7.11 Å². The van der Waals surface area contributed by atoms with Crippen molar-refractivity contribution < 1.29 is 9.47 Å². The minimum Gasteiger partial charge on any atom is -0.496 e. The van der Waals surface area contributed by atoms with E-state index >= 15 is 0 Å². The normalized spacial score (nSPS) is 19.4. The average molecular weight is 264 g/mol. The Morgan fingerprint density at radius 3 is 2.68 bits per heavy atom. The Hall–Kier alpha value is -1.10. The van der Waals surface area contributed by atoms with Crippen LogP contribution in [0.3, 0.4) is 0 Å². The molecule has 0 saturated carbocycles. The Balaban J connectivity index is 1.85. The number of rotatable bonds is 5. The van der Waals surface area contributed by atoms with Gasteiger partial charge >= 0.3 is 0 Å². The fraction of sp³-hybridized carbons (Fsp3) is 0.600. The maximum absolute atomic E-state index is 5.43. The van der Waals surface area contributed by atoms with Crippen LogP contribution in [0, 0.1) is 13.8 Å². The van der Waals surface area contributed by atoms with Crippen LogP contribution in [0.5, 0.6) is 5.75 Å². The van der Waals surface area contributed by atoms with Gasteiger partial charge in [-0.05, 0) is 30.5 Å². The van der Waals surface area contributed by atoms with Crippen molar-refractivity contribution in [3.05, 3.63) is 28.8 Å². The molecule has 0 aliphatic carbocycles. The molecule has 1 fully saturated rings. The van der Waals surface area contributed by atoms with Crippen LogP contribution in [-0.2, 0) is 11.3 Å². The molecule has 106 valence electrons. The van der Waals surface area contributed by atoms with Crippen LogP contribution >= 0.6 is 0 Å². The van der Waals surface area contributed by atoms with Crippen molar-refractivity contribution >= 4 is 0 Å². The first-order valence-corrected chi connectivity index (χ1v) is 6.86. The summed E-state index contributed by atoms with van der Waals surface area (Å²) in [6.07, 6.45) is 0. The summed E-state index contributed by atoms with van der Waals surface area (Å²) in [4.78, 5) is 0. The third kappa shape index (κ3) is 3.93. The molecule has 4 nitrogen and oxygen atoms in total. The highest BCUT2D eigenvalue weighted by Crippen LogP contribution is 2.24. The minimum atomic E-state index is 0.425. The lowest BCUT2D eigenvalue weighted by Crippen LogP contribution is -2.47. The van der Waals surface area contributed by atoms with Gasteiger partial charge in [0.25, 0.3) is 0 Å². The predicted octanol–water partition coefficient (Wildman–Crippen LogP) is 1.39. The van der Waals surface area contributed by atoms with Crippen molar-refractivity contribution in [3.8, 4) is 5.75 Å². The maximum atomic E-state index is 5.43. The molecule has 0 spiro atoms. The van der Waals surface area contributed by atoms with Gasteiger partial charge in [-0.25, -0.2) is 0 Å². The summed E-state index contributed by atoms with van der Waals surface area (Å²) < 4.78 is 10.8. The zero-order valence-electron chi connectivity index (χ0n) is 12.1. The Bertz CT molecular complexity index is 392. The molecule has 1 aliphatic rings. The lowest BCUT2D eigenvalue weighted by atomic mass is 10.1. The van der Waals surface area contributed by atoms with Crippen molar-refractivity contribution in [3.63, 3.8) is 0 Å². The van der Waals surface area contributed by atoms with Gasteiger partial charge in [0.2, 0.25) is 0 Å². The molecule has 1 aromatic rings. The van der Waals surface area contributed by atoms with E-state index in [2.05, 4.69) is 36.6 Å². The van der Waals surface area contributed by atoms with Gasteiger partial charge in [0.15, 0.2) is 0 Å². The van der Waals surface area contributed by atoms with E-state index in [9.17, 15) is 0 Å². The van der Waals surface area contributed by atoms with Crippen LogP contribution < -0.4 is 15.4 Å². The first-order chi connectivity index (χ1) is 9.20. The predicted molar refractivity (Wildman–Crippen MR) is 76.8 cm³/mol. The summed E-state index contributed by atoms with van der Waals surface area (Å²) in [5.41, 5.74) is 3.68. The van der Waals surface area contributed by atoms with Crippen LogP contribution in [0.4, 0.5) is 0 Å². The fourth-order valence-electron chi connectivity index (χ4n) is 2.61. The zero-order chi connectivity index (χ0) is 13.7. The van der Waals surface area contributed by atoms with Crippen LogP contribution in [0.25, 0.3) is 0 Å². The third-order valence-corrected chi connectivity index (χ3v) is 3.44. The summed E-state index contributed by atoms with van der Waals surface area (Å²) in [5.74, 6) is 0.992. The van der Waals surface area contributed by atoms with Crippen molar-refractivity contribution in [1.82, 2.24) is 10.6 Å². The summed E-state index contributed by atoms with van der Waals surface area (Å²) in [6.45, 7) is 8.57.